The number of alkyl halides is 3. The molecular weight excluding hydrogens is 499 g/mol. The van der Waals surface area contributed by atoms with Crippen molar-refractivity contribution < 1.29 is 41.5 Å². The van der Waals surface area contributed by atoms with Crippen molar-refractivity contribution in [3.05, 3.63) is 97.9 Å². The van der Waals surface area contributed by atoms with Crippen LogP contribution in [0.15, 0.2) is 69.9 Å². The molecule has 0 unspecified atom stereocenters. The predicted octanol–water partition coefficient (Wildman–Crippen LogP) is 6.05. The van der Waals surface area contributed by atoms with E-state index in [0.717, 1.165) is 12.1 Å². The number of nitro groups is 1. The van der Waals surface area contributed by atoms with E-state index in [-0.39, 0.29) is 33.7 Å². The minimum absolute atomic E-state index is 0.0458. The fourth-order valence-corrected chi connectivity index (χ4v) is 3.47. The van der Waals surface area contributed by atoms with Crippen LogP contribution in [0.1, 0.15) is 21.7 Å². The van der Waals surface area contributed by atoms with Crippen LogP contribution in [0.25, 0.3) is 11.0 Å². The van der Waals surface area contributed by atoms with E-state index in [1.165, 1.54) is 62.6 Å². The Hall–Kier alpha value is -4.87. The molecule has 0 saturated heterocycles. The molecular formula is C25H16F3NO8. The first-order valence-electron chi connectivity index (χ1n) is 10.5. The van der Waals surface area contributed by atoms with Gasteiger partial charge in [0, 0.05) is 17.7 Å². The van der Waals surface area contributed by atoms with Gasteiger partial charge in [-0.3, -0.25) is 14.9 Å². The van der Waals surface area contributed by atoms with E-state index in [9.17, 15) is 32.9 Å². The van der Waals surface area contributed by atoms with Gasteiger partial charge < -0.3 is 18.6 Å². The number of nitrogens with zero attached hydrogens (tertiary/aromatic N) is 1. The highest BCUT2D eigenvalue weighted by Crippen LogP contribution is 2.39. The van der Waals surface area contributed by atoms with E-state index >= 15 is 0 Å². The van der Waals surface area contributed by atoms with Crippen molar-refractivity contribution in [2.24, 2.45) is 0 Å². The molecule has 0 aliphatic rings. The molecule has 1 aromatic heterocycles. The lowest BCUT2D eigenvalue weighted by atomic mass is 10.1. The van der Waals surface area contributed by atoms with Gasteiger partial charge in [-0.2, -0.15) is 13.2 Å². The lowest BCUT2D eigenvalue weighted by Gasteiger charge is -2.14. The summed E-state index contributed by atoms with van der Waals surface area (Å²) in [6.07, 6.45) is -5.10. The van der Waals surface area contributed by atoms with Crippen LogP contribution in [0.4, 0.5) is 18.9 Å². The summed E-state index contributed by atoms with van der Waals surface area (Å²) in [6.45, 7) is 1.36. The molecule has 1 heterocycles. The third kappa shape index (κ3) is 5.08. The van der Waals surface area contributed by atoms with Crippen molar-refractivity contribution in [2.45, 2.75) is 13.1 Å². The maximum Gasteiger partial charge on any atom is 0.453 e. The molecule has 3 aromatic carbocycles. The fraction of sp³-hybridized carbons (Fsp3) is 0.120. The molecule has 0 spiro atoms. The lowest BCUT2D eigenvalue weighted by molar-refractivity contribution is -0.385. The Bertz CT molecular complexity index is 1580. The van der Waals surface area contributed by atoms with Crippen LogP contribution in [0.2, 0.25) is 0 Å². The third-order valence-electron chi connectivity index (χ3n) is 5.29. The zero-order chi connectivity index (χ0) is 26.9. The van der Waals surface area contributed by atoms with Crippen LogP contribution in [0.5, 0.6) is 23.0 Å². The minimum Gasteiger partial charge on any atom is -0.497 e. The zero-order valence-corrected chi connectivity index (χ0v) is 19.1. The van der Waals surface area contributed by atoms with E-state index in [0.29, 0.717) is 5.75 Å². The summed E-state index contributed by atoms with van der Waals surface area (Å²) in [4.78, 5) is 36.0. The second kappa shape index (κ2) is 9.64. The number of hydrogen-bond donors (Lipinski definition) is 0. The average Bonchev–Trinajstić information content (AvgIpc) is 2.85. The molecule has 0 N–H and O–H groups in total. The topological polar surface area (TPSA) is 118 Å². The second-order valence-electron chi connectivity index (χ2n) is 7.62. The Balaban J connectivity index is 1.73. The number of carbonyl (C=O) groups is 1. The summed E-state index contributed by atoms with van der Waals surface area (Å²) in [7, 11) is 1.41. The summed E-state index contributed by atoms with van der Waals surface area (Å²) < 4.78 is 61.8. The number of rotatable bonds is 6. The smallest absolute Gasteiger partial charge is 0.453 e. The third-order valence-corrected chi connectivity index (χ3v) is 5.29. The first kappa shape index (κ1) is 25.2. The van der Waals surface area contributed by atoms with E-state index in [2.05, 4.69) is 0 Å². The number of methoxy groups -OCH3 is 1. The van der Waals surface area contributed by atoms with Crippen LogP contribution in [0, 0.1) is 17.0 Å². The number of ether oxygens (including phenoxy) is 3. The monoisotopic (exact) mass is 515 g/mol. The Morgan fingerprint density at radius 1 is 1.00 bits per heavy atom. The molecule has 4 rings (SSSR count). The standard InChI is InChI=1S/C25H16F3NO8/c1-13-17(4-3-5-19(13)29(32)33)24(31)36-16-10-11-18-20(12-16)37-23(25(26,27)28)22(21(18)30)35-15-8-6-14(34-2)7-9-15/h3-12H,1-2H3. The summed E-state index contributed by atoms with van der Waals surface area (Å²) in [5.74, 6) is -3.62. The fourth-order valence-electron chi connectivity index (χ4n) is 3.47. The molecule has 0 amide bonds. The number of esters is 1. The van der Waals surface area contributed by atoms with Gasteiger partial charge in [0.2, 0.25) is 11.2 Å². The SMILES string of the molecule is COc1ccc(Oc2c(C(F)(F)F)oc3cc(OC(=O)c4cccc([N+](=O)[O-])c4C)ccc3c2=O)cc1. The van der Waals surface area contributed by atoms with Crippen molar-refractivity contribution in [1.29, 1.82) is 0 Å². The van der Waals surface area contributed by atoms with E-state index in [1.54, 1.807) is 0 Å². The predicted molar refractivity (Wildman–Crippen MR) is 123 cm³/mol. The molecule has 0 saturated carbocycles. The quantitative estimate of drug-likeness (QED) is 0.132. The van der Waals surface area contributed by atoms with E-state index in [1.807, 2.05) is 0 Å². The first-order valence-corrected chi connectivity index (χ1v) is 10.5. The number of fused-ring (bicyclic) bond motifs is 1. The van der Waals surface area contributed by atoms with Crippen LogP contribution < -0.4 is 19.6 Å². The normalized spacial score (nSPS) is 11.3. The number of carbonyl (C=O) groups excluding carboxylic acids is 1. The van der Waals surface area contributed by atoms with Gasteiger partial charge in [-0.1, -0.05) is 6.07 Å². The van der Waals surface area contributed by atoms with Crippen molar-refractivity contribution in [1.82, 2.24) is 0 Å². The molecule has 37 heavy (non-hydrogen) atoms. The molecule has 0 bridgehead atoms. The van der Waals surface area contributed by atoms with Gasteiger partial charge in [0.15, 0.2) is 0 Å². The molecule has 0 aliphatic heterocycles. The Labute approximate surface area is 205 Å². The van der Waals surface area contributed by atoms with Crippen LogP contribution in [-0.2, 0) is 6.18 Å². The number of benzene rings is 3. The highest BCUT2D eigenvalue weighted by atomic mass is 19.4. The number of halogens is 3. The summed E-state index contributed by atoms with van der Waals surface area (Å²) in [6, 6.07) is 12.6. The molecule has 0 aliphatic carbocycles. The molecule has 0 radical (unpaired) electrons. The van der Waals surface area contributed by atoms with Gasteiger partial charge in [0.25, 0.3) is 11.4 Å². The number of nitro benzene ring substituents is 1. The average molecular weight is 515 g/mol. The van der Waals surface area contributed by atoms with Crippen molar-refractivity contribution in [3.63, 3.8) is 0 Å². The van der Waals surface area contributed by atoms with Gasteiger partial charge in [-0.05, 0) is 49.4 Å². The molecule has 9 nitrogen and oxygen atoms in total. The van der Waals surface area contributed by atoms with Crippen molar-refractivity contribution in [2.75, 3.05) is 7.11 Å². The summed E-state index contributed by atoms with van der Waals surface area (Å²) in [5, 5.41) is 10.9. The largest absolute Gasteiger partial charge is 0.497 e. The van der Waals surface area contributed by atoms with E-state index in [4.69, 9.17) is 18.6 Å². The first-order chi connectivity index (χ1) is 17.5. The Kier molecular flexibility index (Phi) is 6.58. The van der Waals surface area contributed by atoms with Gasteiger partial charge in [-0.25, -0.2) is 4.79 Å². The minimum atomic E-state index is -5.10. The lowest BCUT2D eigenvalue weighted by Crippen LogP contribution is -2.16. The summed E-state index contributed by atoms with van der Waals surface area (Å²) >= 11 is 0. The van der Waals surface area contributed by atoms with Crippen LogP contribution >= 0.6 is 0 Å². The summed E-state index contributed by atoms with van der Waals surface area (Å²) in [5.41, 5.74) is -1.99. The molecule has 190 valence electrons. The van der Waals surface area contributed by atoms with Crippen LogP contribution in [0.3, 0.4) is 0 Å². The molecule has 12 heteroatoms. The van der Waals surface area contributed by atoms with E-state index < -0.39 is 39.6 Å². The van der Waals surface area contributed by atoms with Crippen LogP contribution in [-0.4, -0.2) is 18.0 Å². The second-order valence-corrected chi connectivity index (χ2v) is 7.62. The zero-order valence-electron chi connectivity index (χ0n) is 19.1. The van der Waals surface area contributed by atoms with Gasteiger partial charge in [0.1, 0.15) is 22.8 Å². The molecule has 0 fully saturated rings. The Morgan fingerprint density at radius 2 is 1.65 bits per heavy atom. The Morgan fingerprint density at radius 3 is 2.27 bits per heavy atom. The highest BCUT2D eigenvalue weighted by Gasteiger charge is 2.40. The number of hydrogen-bond acceptors (Lipinski definition) is 8. The van der Waals surface area contributed by atoms with Crippen molar-refractivity contribution >= 4 is 22.6 Å². The van der Waals surface area contributed by atoms with Gasteiger partial charge >= 0.3 is 12.1 Å². The maximum absolute atomic E-state index is 13.8. The highest BCUT2D eigenvalue weighted by molar-refractivity contribution is 5.94. The molecule has 4 aromatic rings. The van der Waals surface area contributed by atoms with Crippen molar-refractivity contribution in [3.8, 4) is 23.0 Å². The van der Waals surface area contributed by atoms with Gasteiger partial charge in [-0.15, -0.1) is 0 Å². The van der Waals surface area contributed by atoms with Gasteiger partial charge in [0.05, 0.1) is 23.0 Å². The maximum atomic E-state index is 13.8. The molecule has 0 atom stereocenters.